The van der Waals surface area contributed by atoms with Crippen LogP contribution in [-0.2, 0) is 0 Å². The lowest BCUT2D eigenvalue weighted by atomic mass is 10.1. The molecule has 3 rings (SSSR count). The molecule has 0 aliphatic rings. The molecular formula is C16H15ClN4O. The summed E-state index contributed by atoms with van der Waals surface area (Å²) in [5.74, 6) is -0.323. The van der Waals surface area contributed by atoms with Crippen LogP contribution in [0.25, 0.3) is 11.0 Å². The van der Waals surface area contributed by atoms with E-state index in [1.165, 1.54) is 4.68 Å². The van der Waals surface area contributed by atoms with Gasteiger partial charge in [-0.25, -0.2) is 0 Å². The Kier molecular flexibility index (Phi) is 4.06. The standard InChI is InChI=1S/C16H15ClN4O/c1-11(10-18-13-8-6-12(17)7-9-13)16(22)21-15-5-3-2-4-14(15)19-20-21/h2-9,11,18H,10H2,1H3. The highest BCUT2D eigenvalue weighted by molar-refractivity contribution is 6.30. The van der Waals surface area contributed by atoms with Gasteiger partial charge in [-0.3, -0.25) is 4.79 Å². The summed E-state index contributed by atoms with van der Waals surface area (Å²) in [6, 6.07) is 14.8. The molecule has 3 aromatic rings. The van der Waals surface area contributed by atoms with Gasteiger partial charge in [0.1, 0.15) is 5.52 Å². The van der Waals surface area contributed by atoms with Crippen molar-refractivity contribution in [1.29, 1.82) is 0 Å². The van der Waals surface area contributed by atoms with Crippen LogP contribution in [0.15, 0.2) is 48.5 Å². The fraction of sp³-hybridized carbons (Fsp3) is 0.188. The van der Waals surface area contributed by atoms with Gasteiger partial charge in [0.2, 0.25) is 0 Å². The zero-order valence-corrected chi connectivity index (χ0v) is 12.8. The highest BCUT2D eigenvalue weighted by Crippen LogP contribution is 2.15. The summed E-state index contributed by atoms with van der Waals surface area (Å²) in [6.07, 6.45) is 0. The molecule has 1 N–H and O–H groups in total. The Hall–Kier alpha value is -2.40. The zero-order valence-electron chi connectivity index (χ0n) is 12.0. The van der Waals surface area contributed by atoms with E-state index in [0.29, 0.717) is 17.1 Å². The second kappa shape index (κ2) is 6.15. The summed E-state index contributed by atoms with van der Waals surface area (Å²) in [7, 11) is 0. The topological polar surface area (TPSA) is 59.8 Å². The summed E-state index contributed by atoms with van der Waals surface area (Å²) in [5, 5.41) is 11.9. The van der Waals surface area contributed by atoms with Gasteiger partial charge in [0.25, 0.3) is 5.91 Å². The summed E-state index contributed by atoms with van der Waals surface area (Å²) in [6.45, 7) is 2.37. The van der Waals surface area contributed by atoms with Crippen molar-refractivity contribution in [2.24, 2.45) is 5.92 Å². The SMILES string of the molecule is CC(CNc1ccc(Cl)cc1)C(=O)n1nnc2ccccc21. The van der Waals surface area contributed by atoms with Gasteiger partial charge >= 0.3 is 0 Å². The number of carbonyl (C=O) groups excluding carboxylic acids is 1. The maximum Gasteiger partial charge on any atom is 0.253 e. The molecule has 22 heavy (non-hydrogen) atoms. The fourth-order valence-corrected chi connectivity index (χ4v) is 2.29. The van der Waals surface area contributed by atoms with Gasteiger partial charge in [-0.15, -0.1) is 5.10 Å². The first-order valence-corrected chi connectivity index (χ1v) is 7.37. The largest absolute Gasteiger partial charge is 0.384 e. The van der Waals surface area contributed by atoms with E-state index in [2.05, 4.69) is 15.6 Å². The Morgan fingerprint density at radius 2 is 1.95 bits per heavy atom. The van der Waals surface area contributed by atoms with E-state index in [9.17, 15) is 4.79 Å². The molecule has 112 valence electrons. The molecule has 0 amide bonds. The minimum Gasteiger partial charge on any atom is -0.384 e. The molecule has 0 spiro atoms. The molecule has 6 heteroatoms. The number of fused-ring (bicyclic) bond motifs is 1. The first-order chi connectivity index (χ1) is 10.6. The molecule has 1 atom stereocenters. The molecule has 1 aromatic heterocycles. The number of rotatable bonds is 4. The van der Waals surface area contributed by atoms with Gasteiger partial charge in [-0.1, -0.05) is 35.9 Å². The van der Waals surface area contributed by atoms with Crippen LogP contribution in [0.1, 0.15) is 11.7 Å². The van der Waals surface area contributed by atoms with E-state index >= 15 is 0 Å². The Morgan fingerprint density at radius 3 is 2.73 bits per heavy atom. The van der Waals surface area contributed by atoms with Crippen LogP contribution in [0.3, 0.4) is 0 Å². The van der Waals surface area contributed by atoms with Gasteiger partial charge in [0, 0.05) is 17.3 Å². The van der Waals surface area contributed by atoms with Crippen molar-refractivity contribution in [3.8, 4) is 0 Å². The van der Waals surface area contributed by atoms with Crippen LogP contribution in [-0.4, -0.2) is 27.4 Å². The Bertz CT molecular complexity index is 797. The summed E-state index contributed by atoms with van der Waals surface area (Å²) in [4.78, 5) is 12.5. The first kappa shape index (κ1) is 14.5. The van der Waals surface area contributed by atoms with E-state index in [1.54, 1.807) is 12.1 Å². The monoisotopic (exact) mass is 314 g/mol. The Morgan fingerprint density at radius 1 is 1.23 bits per heavy atom. The van der Waals surface area contributed by atoms with Crippen molar-refractivity contribution in [3.05, 3.63) is 53.6 Å². The Balaban J connectivity index is 1.70. The number of hydrogen-bond donors (Lipinski definition) is 1. The third-order valence-corrected chi connectivity index (χ3v) is 3.69. The minimum atomic E-state index is -0.235. The van der Waals surface area contributed by atoms with Gasteiger partial charge < -0.3 is 5.32 Å². The van der Waals surface area contributed by atoms with Crippen molar-refractivity contribution in [2.75, 3.05) is 11.9 Å². The van der Waals surface area contributed by atoms with Crippen LogP contribution in [0, 0.1) is 5.92 Å². The van der Waals surface area contributed by atoms with E-state index in [-0.39, 0.29) is 11.8 Å². The molecule has 2 aromatic carbocycles. The quantitative estimate of drug-likeness (QED) is 0.801. The number of nitrogens with zero attached hydrogens (tertiary/aromatic N) is 3. The van der Waals surface area contributed by atoms with E-state index in [1.807, 2.05) is 43.3 Å². The van der Waals surface area contributed by atoms with Crippen LogP contribution >= 0.6 is 11.6 Å². The van der Waals surface area contributed by atoms with Crippen molar-refractivity contribution in [1.82, 2.24) is 15.0 Å². The lowest BCUT2D eigenvalue weighted by molar-refractivity contribution is 0.0838. The molecule has 0 saturated carbocycles. The fourth-order valence-electron chi connectivity index (χ4n) is 2.17. The van der Waals surface area contributed by atoms with Gasteiger partial charge in [0.15, 0.2) is 0 Å². The van der Waals surface area contributed by atoms with Crippen LogP contribution in [0.5, 0.6) is 0 Å². The van der Waals surface area contributed by atoms with E-state index in [4.69, 9.17) is 11.6 Å². The average Bonchev–Trinajstić information content (AvgIpc) is 2.97. The third-order valence-electron chi connectivity index (χ3n) is 3.44. The molecule has 0 fully saturated rings. The highest BCUT2D eigenvalue weighted by atomic mass is 35.5. The van der Waals surface area contributed by atoms with Gasteiger partial charge in [-0.05, 0) is 36.4 Å². The summed E-state index contributed by atoms with van der Waals surface area (Å²) < 4.78 is 1.36. The van der Waals surface area contributed by atoms with Crippen LogP contribution in [0.2, 0.25) is 5.02 Å². The van der Waals surface area contributed by atoms with Crippen molar-refractivity contribution < 1.29 is 4.79 Å². The molecule has 1 heterocycles. The predicted octanol–water partition coefficient (Wildman–Crippen LogP) is 3.47. The maximum absolute atomic E-state index is 12.5. The number of carbonyl (C=O) groups is 1. The third kappa shape index (κ3) is 2.94. The molecule has 0 saturated heterocycles. The van der Waals surface area contributed by atoms with Crippen molar-refractivity contribution in [2.45, 2.75) is 6.92 Å². The second-order valence-corrected chi connectivity index (χ2v) is 5.55. The molecule has 0 bridgehead atoms. The van der Waals surface area contributed by atoms with Crippen LogP contribution in [0.4, 0.5) is 5.69 Å². The number of para-hydroxylation sites is 1. The van der Waals surface area contributed by atoms with Gasteiger partial charge in [0.05, 0.1) is 11.4 Å². The molecule has 1 unspecified atom stereocenters. The van der Waals surface area contributed by atoms with Crippen LogP contribution < -0.4 is 5.32 Å². The van der Waals surface area contributed by atoms with E-state index < -0.39 is 0 Å². The number of halogens is 1. The number of anilines is 1. The molecule has 0 aliphatic heterocycles. The second-order valence-electron chi connectivity index (χ2n) is 5.12. The number of hydrogen-bond acceptors (Lipinski definition) is 4. The average molecular weight is 315 g/mol. The Labute approximate surface area is 132 Å². The zero-order chi connectivity index (χ0) is 15.5. The molecule has 0 radical (unpaired) electrons. The number of benzene rings is 2. The number of nitrogens with one attached hydrogen (secondary N) is 1. The minimum absolute atomic E-state index is 0.0878. The molecule has 0 aliphatic carbocycles. The summed E-state index contributed by atoms with van der Waals surface area (Å²) in [5.41, 5.74) is 2.37. The predicted molar refractivity (Wildman–Crippen MR) is 87.3 cm³/mol. The maximum atomic E-state index is 12.5. The number of aromatic nitrogens is 3. The molecule has 5 nitrogen and oxygen atoms in total. The van der Waals surface area contributed by atoms with Crippen molar-refractivity contribution in [3.63, 3.8) is 0 Å². The molecular weight excluding hydrogens is 300 g/mol. The smallest absolute Gasteiger partial charge is 0.253 e. The van der Waals surface area contributed by atoms with Crippen molar-refractivity contribution >= 4 is 34.2 Å². The normalized spacial score (nSPS) is 12.3. The lowest BCUT2D eigenvalue weighted by Crippen LogP contribution is -2.26. The lowest BCUT2D eigenvalue weighted by Gasteiger charge is -2.12. The van der Waals surface area contributed by atoms with Gasteiger partial charge in [-0.2, -0.15) is 4.68 Å². The summed E-state index contributed by atoms with van der Waals surface area (Å²) >= 11 is 5.85. The first-order valence-electron chi connectivity index (χ1n) is 6.99. The van der Waals surface area contributed by atoms with E-state index in [0.717, 1.165) is 11.2 Å². The highest BCUT2D eigenvalue weighted by Gasteiger charge is 2.18.